The van der Waals surface area contributed by atoms with Crippen molar-refractivity contribution < 1.29 is 13.2 Å². The minimum absolute atomic E-state index is 0.0123. The van der Waals surface area contributed by atoms with Gasteiger partial charge in [0.2, 0.25) is 5.91 Å². The van der Waals surface area contributed by atoms with Crippen molar-refractivity contribution in [3.05, 3.63) is 0 Å². The van der Waals surface area contributed by atoms with E-state index in [9.17, 15) is 13.2 Å². The maximum atomic E-state index is 12.1. The maximum absolute atomic E-state index is 12.1. The Balaban J connectivity index is 1.42. The molecule has 6 heteroatoms. The minimum Gasteiger partial charge on any atom is -0.351 e. The summed E-state index contributed by atoms with van der Waals surface area (Å²) in [4.78, 5) is 14.3. The Morgan fingerprint density at radius 1 is 1.09 bits per heavy atom. The van der Waals surface area contributed by atoms with Gasteiger partial charge in [-0.2, -0.15) is 0 Å². The molecule has 1 N–H and O–H groups in total. The van der Waals surface area contributed by atoms with Crippen LogP contribution in [0.1, 0.15) is 51.4 Å². The molecule has 22 heavy (non-hydrogen) atoms. The molecule has 0 unspecified atom stereocenters. The lowest BCUT2D eigenvalue weighted by molar-refractivity contribution is -0.123. The van der Waals surface area contributed by atoms with Crippen molar-refractivity contribution in [2.75, 3.05) is 31.1 Å². The van der Waals surface area contributed by atoms with E-state index in [1.54, 1.807) is 0 Å². The Morgan fingerprint density at radius 3 is 2.36 bits per heavy atom. The second kappa shape index (κ2) is 6.48. The second-order valence-electron chi connectivity index (χ2n) is 7.50. The lowest BCUT2D eigenvalue weighted by atomic mass is 9.68. The molecular formula is C16H28N2O3S. The zero-order chi connectivity index (χ0) is 15.6. The van der Waals surface area contributed by atoms with Gasteiger partial charge in [-0.3, -0.25) is 9.69 Å². The molecule has 3 aliphatic rings. The summed E-state index contributed by atoms with van der Waals surface area (Å²) in [6.45, 7) is 2.44. The second-order valence-corrected chi connectivity index (χ2v) is 9.73. The standard InChI is InChI=1S/C16H28N2O3S/c19-15(17-14-4-11-22(20,21)13-14)12-18-9-7-16(8-10-18)5-2-1-3-6-16/h14H,1-13H2,(H,17,19)/t14-/m0/s1. The van der Waals surface area contributed by atoms with Crippen LogP contribution in [-0.4, -0.2) is 56.4 Å². The fraction of sp³-hybridized carbons (Fsp3) is 0.938. The first-order valence-electron chi connectivity index (χ1n) is 8.69. The summed E-state index contributed by atoms with van der Waals surface area (Å²) in [7, 11) is -2.92. The molecule has 1 spiro atoms. The van der Waals surface area contributed by atoms with Crippen LogP contribution in [0.5, 0.6) is 0 Å². The molecule has 2 aliphatic heterocycles. The largest absolute Gasteiger partial charge is 0.351 e. The average molecular weight is 328 g/mol. The first-order chi connectivity index (χ1) is 10.5. The van der Waals surface area contributed by atoms with Crippen molar-refractivity contribution in [1.29, 1.82) is 0 Å². The summed E-state index contributed by atoms with van der Waals surface area (Å²) in [5.74, 6) is 0.313. The predicted molar refractivity (Wildman–Crippen MR) is 86.4 cm³/mol. The Morgan fingerprint density at radius 2 is 1.77 bits per heavy atom. The van der Waals surface area contributed by atoms with E-state index in [0.29, 0.717) is 18.4 Å². The molecule has 0 radical (unpaired) electrons. The first kappa shape index (κ1) is 16.2. The van der Waals surface area contributed by atoms with Gasteiger partial charge in [0.1, 0.15) is 0 Å². The molecule has 1 atom stereocenters. The van der Waals surface area contributed by atoms with Crippen molar-refractivity contribution >= 4 is 15.7 Å². The summed E-state index contributed by atoms with van der Waals surface area (Å²) in [5, 5.41) is 2.89. The maximum Gasteiger partial charge on any atom is 0.234 e. The number of carbonyl (C=O) groups is 1. The smallest absolute Gasteiger partial charge is 0.234 e. The molecule has 0 bridgehead atoms. The Labute approximate surface area is 133 Å². The number of sulfone groups is 1. The van der Waals surface area contributed by atoms with Crippen LogP contribution in [0.15, 0.2) is 0 Å². The molecule has 1 amide bonds. The van der Waals surface area contributed by atoms with Crippen molar-refractivity contribution in [2.45, 2.75) is 57.4 Å². The zero-order valence-corrected chi connectivity index (χ0v) is 14.2. The van der Waals surface area contributed by atoms with Crippen LogP contribution in [0.3, 0.4) is 0 Å². The number of nitrogens with zero attached hydrogens (tertiary/aromatic N) is 1. The first-order valence-corrected chi connectivity index (χ1v) is 10.5. The van der Waals surface area contributed by atoms with Gasteiger partial charge in [-0.15, -0.1) is 0 Å². The predicted octanol–water partition coefficient (Wildman–Crippen LogP) is 1.34. The van der Waals surface area contributed by atoms with Gasteiger partial charge in [-0.05, 0) is 50.6 Å². The number of hydrogen-bond donors (Lipinski definition) is 1. The van der Waals surface area contributed by atoms with E-state index in [0.717, 1.165) is 13.1 Å². The summed E-state index contributed by atoms with van der Waals surface area (Å²) in [6.07, 6.45) is 9.87. The van der Waals surface area contributed by atoms with E-state index in [2.05, 4.69) is 10.2 Å². The third kappa shape index (κ3) is 4.02. The zero-order valence-electron chi connectivity index (χ0n) is 13.3. The number of amides is 1. The van der Waals surface area contributed by atoms with Crippen molar-refractivity contribution in [1.82, 2.24) is 10.2 Å². The average Bonchev–Trinajstić information content (AvgIpc) is 2.81. The number of hydrogen-bond acceptors (Lipinski definition) is 4. The van der Waals surface area contributed by atoms with E-state index in [4.69, 9.17) is 0 Å². The SMILES string of the molecule is O=C(CN1CCC2(CCCCC2)CC1)N[C@H]1CCS(=O)(=O)C1. The van der Waals surface area contributed by atoms with E-state index in [-0.39, 0.29) is 23.5 Å². The molecule has 1 saturated carbocycles. The van der Waals surface area contributed by atoms with Gasteiger partial charge in [0.25, 0.3) is 0 Å². The van der Waals surface area contributed by atoms with Gasteiger partial charge in [0.15, 0.2) is 9.84 Å². The molecule has 2 heterocycles. The normalized spacial score (nSPS) is 31.2. The highest BCUT2D eigenvalue weighted by molar-refractivity contribution is 7.91. The van der Waals surface area contributed by atoms with E-state index < -0.39 is 9.84 Å². The van der Waals surface area contributed by atoms with E-state index in [1.165, 1.54) is 44.9 Å². The molecule has 0 aromatic rings. The van der Waals surface area contributed by atoms with Gasteiger partial charge in [0.05, 0.1) is 18.1 Å². The summed E-state index contributed by atoms with van der Waals surface area (Å²) in [5.41, 5.74) is 0.560. The summed E-state index contributed by atoms with van der Waals surface area (Å²) < 4.78 is 22.8. The number of rotatable bonds is 3. The van der Waals surface area contributed by atoms with Gasteiger partial charge in [-0.1, -0.05) is 19.3 Å². The molecule has 1 aliphatic carbocycles. The Bertz CT molecular complexity index is 501. The van der Waals surface area contributed by atoms with Crippen LogP contribution in [0.4, 0.5) is 0 Å². The summed E-state index contributed by atoms with van der Waals surface area (Å²) >= 11 is 0. The summed E-state index contributed by atoms with van der Waals surface area (Å²) in [6, 6.07) is -0.174. The fourth-order valence-corrected chi connectivity index (χ4v) is 6.05. The van der Waals surface area contributed by atoms with E-state index in [1.807, 2.05) is 0 Å². The lowest BCUT2D eigenvalue weighted by Crippen LogP contribution is -2.47. The molecule has 2 saturated heterocycles. The number of likely N-dealkylation sites (tertiary alicyclic amines) is 1. The highest BCUT2D eigenvalue weighted by atomic mass is 32.2. The third-order valence-electron chi connectivity index (χ3n) is 5.80. The Kier molecular flexibility index (Phi) is 4.78. The highest BCUT2D eigenvalue weighted by Crippen LogP contribution is 2.44. The van der Waals surface area contributed by atoms with Crippen LogP contribution < -0.4 is 5.32 Å². The van der Waals surface area contributed by atoms with Gasteiger partial charge in [0, 0.05) is 6.04 Å². The van der Waals surface area contributed by atoms with E-state index >= 15 is 0 Å². The molecule has 3 fully saturated rings. The quantitative estimate of drug-likeness (QED) is 0.849. The number of carbonyl (C=O) groups excluding carboxylic acids is 1. The van der Waals surface area contributed by atoms with Crippen LogP contribution in [0, 0.1) is 5.41 Å². The minimum atomic E-state index is -2.92. The Hall–Kier alpha value is -0.620. The topological polar surface area (TPSA) is 66.5 Å². The molecule has 0 aromatic carbocycles. The molecule has 126 valence electrons. The van der Waals surface area contributed by atoms with Crippen LogP contribution in [0.25, 0.3) is 0 Å². The number of piperidine rings is 1. The van der Waals surface area contributed by atoms with Crippen LogP contribution in [-0.2, 0) is 14.6 Å². The van der Waals surface area contributed by atoms with Crippen molar-refractivity contribution in [2.24, 2.45) is 5.41 Å². The van der Waals surface area contributed by atoms with Crippen molar-refractivity contribution in [3.63, 3.8) is 0 Å². The van der Waals surface area contributed by atoms with Crippen LogP contribution in [0.2, 0.25) is 0 Å². The molecule has 0 aromatic heterocycles. The van der Waals surface area contributed by atoms with Crippen LogP contribution >= 0.6 is 0 Å². The van der Waals surface area contributed by atoms with Gasteiger partial charge < -0.3 is 5.32 Å². The van der Waals surface area contributed by atoms with Crippen molar-refractivity contribution in [3.8, 4) is 0 Å². The molecular weight excluding hydrogens is 300 g/mol. The van der Waals surface area contributed by atoms with Gasteiger partial charge >= 0.3 is 0 Å². The highest BCUT2D eigenvalue weighted by Gasteiger charge is 2.36. The number of nitrogens with one attached hydrogen (secondary N) is 1. The van der Waals surface area contributed by atoms with Gasteiger partial charge in [-0.25, -0.2) is 8.42 Å². The lowest BCUT2D eigenvalue weighted by Gasteiger charge is -2.44. The fourth-order valence-electron chi connectivity index (χ4n) is 4.37. The third-order valence-corrected chi connectivity index (χ3v) is 7.56. The molecule has 3 rings (SSSR count). The monoisotopic (exact) mass is 328 g/mol. The molecule has 5 nitrogen and oxygen atoms in total.